The van der Waals surface area contributed by atoms with E-state index in [2.05, 4.69) is 4.98 Å². The molecule has 13 heavy (non-hydrogen) atoms. The molecule has 0 aromatic carbocycles. The Morgan fingerprint density at radius 2 is 2.08 bits per heavy atom. The number of carbonyl (C=O) groups is 1. The largest absolute Gasteiger partial charge is 1.00 e. The van der Waals surface area contributed by atoms with Gasteiger partial charge in [0.05, 0.1) is 0 Å². The van der Waals surface area contributed by atoms with Crippen LogP contribution in [0, 0.1) is 0 Å². The predicted octanol–water partition coefficient (Wildman–Crippen LogP) is -3.27. The summed E-state index contributed by atoms with van der Waals surface area (Å²) < 4.78 is 35.2. The third-order valence-corrected chi connectivity index (χ3v) is 1.10. The number of halogens is 3. The van der Waals surface area contributed by atoms with Crippen LogP contribution in [0.4, 0.5) is 13.2 Å². The van der Waals surface area contributed by atoms with Crippen molar-refractivity contribution >= 4 is 5.97 Å². The van der Waals surface area contributed by atoms with Crippen LogP contribution in [0.15, 0.2) is 12.4 Å². The van der Waals surface area contributed by atoms with Crippen LogP contribution in [0.5, 0.6) is 0 Å². The minimum atomic E-state index is -4.77. The molecule has 1 rings (SSSR count). The molecule has 0 amide bonds. The Bertz CT molecular complexity index is 309. The molecule has 0 aliphatic rings. The van der Waals surface area contributed by atoms with Crippen LogP contribution in [-0.2, 0) is 6.30 Å². The molecule has 0 saturated carbocycles. The number of carboxylic acids is 1. The summed E-state index contributed by atoms with van der Waals surface area (Å²) in [5, 5.41) is 10.0. The standard InChI is InChI=1S/C5H3F3N2O2.Li/c6-5(7,8)10-2-1-9-3(10)4(11)12;/h1-2H,(H,11,12);/q;+1/p-1. The molecule has 4 nitrogen and oxygen atoms in total. The van der Waals surface area contributed by atoms with Gasteiger partial charge >= 0.3 is 25.2 Å². The van der Waals surface area contributed by atoms with Gasteiger partial charge in [0.15, 0.2) is 5.82 Å². The topological polar surface area (TPSA) is 57.9 Å². The number of alkyl halides is 3. The number of hydrogen-bond acceptors (Lipinski definition) is 3. The van der Waals surface area contributed by atoms with Gasteiger partial charge in [-0.25, -0.2) is 9.55 Å². The maximum Gasteiger partial charge on any atom is 1.00 e. The van der Waals surface area contributed by atoms with Gasteiger partial charge in [-0.2, -0.15) is 0 Å². The van der Waals surface area contributed by atoms with Crippen LogP contribution in [0.2, 0.25) is 0 Å². The first-order chi connectivity index (χ1) is 5.43. The summed E-state index contributed by atoms with van der Waals surface area (Å²) in [5.74, 6) is -3.11. The molecular weight excluding hydrogens is 184 g/mol. The summed E-state index contributed by atoms with van der Waals surface area (Å²) in [6, 6.07) is 0. The van der Waals surface area contributed by atoms with E-state index in [0.29, 0.717) is 6.20 Å². The van der Waals surface area contributed by atoms with Crippen molar-refractivity contribution in [3.63, 3.8) is 0 Å². The van der Waals surface area contributed by atoms with Crippen molar-refractivity contribution in [2.45, 2.75) is 6.30 Å². The molecule has 1 aromatic heterocycles. The van der Waals surface area contributed by atoms with Gasteiger partial charge in [0.2, 0.25) is 0 Å². The average Bonchev–Trinajstić information content (AvgIpc) is 2.30. The Morgan fingerprint density at radius 3 is 2.38 bits per heavy atom. The zero-order chi connectivity index (χ0) is 9.35. The minimum Gasteiger partial charge on any atom is -0.542 e. The normalized spacial score (nSPS) is 10.7. The molecule has 1 heterocycles. The summed E-state index contributed by atoms with van der Waals surface area (Å²) in [4.78, 5) is 13.0. The number of carbonyl (C=O) groups excluding carboxylic acids is 1. The Morgan fingerprint density at radius 1 is 1.54 bits per heavy atom. The zero-order valence-electron chi connectivity index (χ0n) is 6.50. The monoisotopic (exact) mass is 186 g/mol. The molecule has 0 fully saturated rings. The van der Waals surface area contributed by atoms with Gasteiger partial charge in [0, 0.05) is 12.4 Å². The van der Waals surface area contributed by atoms with Gasteiger partial charge in [-0.1, -0.05) is 0 Å². The zero-order valence-corrected chi connectivity index (χ0v) is 6.50. The maximum absolute atomic E-state index is 11.9. The van der Waals surface area contributed by atoms with Crippen molar-refractivity contribution in [1.29, 1.82) is 0 Å². The van der Waals surface area contributed by atoms with Crippen molar-refractivity contribution in [1.82, 2.24) is 9.55 Å². The van der Waals surface area contributed by atoms with Crippen molar-refractivity contribution < 1.29 is 41.9 Å². The SMILES string of the molecule is O=C([O-])c1nccn1C(F)(F)F.[Li+]. The first kappa shape index (κ1) is 12.1. The number of aromatic nitrogens is 2. The first-order valence-electron chi connectivity index (χ1n) is 2.75. The molecule has 8 heteroatoms. The second-order valence-corrected chi connectivity index (χ2v) is 1.88. The molecule has 0 atom stereocenters. The maximum atomic E-state index is 11.9. The van der Waals surface area contributed by atoms with Crippen LogP contribution in [-0.4, -0.2) is 15.5 Å². The molecule has 0 saturated heterocycles. The fourth-order valence-electron chi connectivity index (χ4n) is 0.659. The quantitative estimate of drug-likeness (QED) is 0.432. The van der Waals surface area contributed by atoms with Gasteiger partial charge in [-0.05, 0) is 0 Å². The number of aromatic carboxylic acids is 1. The number of carboxylic acid groups (broad SMARTS) is 1. The Kier molecular flexibility index (Phi) is 3.57. The summed E-state index contributed by atoms with van der Waals surface area (Å²) in [5.41, 5.74) is 0. The molecular formula is C5H2F3LiN2O2. The van der Waals surface area contributed by atoms with E-state index >= 15 is 0 Å². The molecule has 0 aliphatic carbocycles. The third-order valence-electron chi connectivity index (χ3n) is 1.10. The van der Waals surface area contributed by atoms with Gasteiger partial charge in [-0.15, -0.1) is 13.2 Å². The smallest absolute Gasteiger partial charge is 0.542 e. The van der Waals surface area contributed by atoms with Crippen LogP contribution in [0.1, 0.15) is 10.6 Å². The summed E-state index contributed by atoms with van der Waals surface area (Å²) in [7, 11) is 0. The molecule has 66 valence electrons. The van der Waals surface area contributed by atoms with E-state index in [1.165, 1.54) is 0 Å². The van der Waals surface area contributed by atoms with Gasteiger partial charge in [0.1, 0.15) is 5.97 Å². The predicted molar refractivity (Wildman–Crippen MR) is 27.9 cm³/mol. The number of imidazole rings is 1. The third kappa shape index (κ3) is 2.50. The first-order valence-corrected chi connectivity index (χ1v) is 2.75. The average molecular weight is 186 g/mol. The second-order valence-electron chi connectivity index (χ2n) is 1.88. The number of hydrogen-bond donors (Lipinski definition) is 0. The van der Waals surface area contributed by atoms with Crippen molar-refractivity contribution in [3.05, 3.63) is 18.2 Å². The molecule has 1 aromatic rings. The molecule has 0 spiro atoms. The van der Waals surface area contributed by atoms with Gasteiger partial charge in [0.25, 0.3) is 0 Å². The van der Waals surface area contributed by atoms with E-state index in [0.717, 1.165) is 6.20 Å². The van der Waals surface area contributed by atoms with E-state index in [1.807, 2.05) is 0 Å². The van der Waals surface area contributed by atoms with Crippen LogP contribution < -0.4 is 24.0 Å². The summed E-state index contributed by atoms with van der Waals surface area (Å²) >= 11 is 0. The van der Waals surface area contributed by atoms with E-state index < -0.39 is 22.7 Å². The van der Waals surface area contributed by atoms with E-state index in [9.17, 15) is 23.1 Å². The van der Waals surface area contributed by atoms with E-state index in [4.69, 9.17) is 0 Å². The molecule has 0 bridgehead atoms. The van der Waals surface area contributed by atoms with E-state index in [-0.39, 0.29) is 18.9 Å². The second kappa shape index (κ2) is 3.85. The van der Waals surface area contributed by atoms with Gasteiger partial charge < -0.3 is 9.90 Å². The van der Waals surface area contributed by atoms with Crippen LogP contribution >= 0.6 is 0 Å². The summed E-state index contributed by atoms with van der Waals surface area (Å²) in [6.45, 7) is 0. The molecule has 0 N–H and O–H groups in total. The van der Waals surface area contributed by atoms with Crippen molar-refractivity contribution in [2.24, 2.45) is 0 Å². The van der Waals surface area contributed by atoms with Crippen LogP contribution in [0.3, 0.4) is 0 Å². The van der Waals surface area contributed by atoms with Crippen LogP contribution in [0.25, 0.3) is 0 Å². The fourth-order valence-corrected chi connectivity index (χ4v) is 0.659. The molecule has 0 unspecified atom stereocenters. The Balaban J connectivity index is 0.00000144. The van der Waals surface area contributed by atoms with Crippen molar-refractivity contribution in [3.8, 4) is 0 Å². The fraction of sp³-hybridized carbons (Fsp3) is 0.200. The Labute approximate surface area is 82.5 Å². The van der Waals surface area contributed by atoms with Gasteiger partial charge in [-0.3, -0.25) is 0 Å². The Hall–Kier alpha value is -0.933. The number of nitrogens with zero attached hydrogens (tertiary/aromatic N) is 2. The molecule has 0 radical (unpaired) electrons. The summed E-state index contributed by atoms with van der Waals surface area (Å²) in [6.07, 6.45) is -3.53. The molecule has 0 aliphatic heterocycles. The number of rotatable bonds is 1. The van der Waals surface area contributed by atoms with Crippen molar-refractivity contribution in [2.75, 3.05) is 0 Å². The minimum absolute atomic E-state index is 0. The van der Waals surface area contributed by atoms with E-state index in [1.54, 1.807) is 0 Å².